The minimum Gasteiger partial charge on any atom is -0.226 e. The van der Waals surface area contributed by atoms with Gasteiger partial charge in [0.25, 0.3) is 0 Å². The van der Waals surface area contributed by atoms with Gasteiger partial charge in [0.15, 0.2) is 5.60 Å². The minimum absolute atomic E-state index is 0.0542. The van der Waals surface area contributed by atoms with E-state index in [1.165, 1.54) is 16.7 Å². The third-order valence-corrected chi connectivity index (χ3v) is 6.27. The van der Waals surface area contributed by atoms with E-state index >= 15 is 0 Å². The van der Waals surface area contributed by atoms with Crippen molar-refractivity contribution in [1.29, 1.82) is 0 Å². The normalized spacial score (nSPS) is 19.9. The van der Waals surface area contributed by atoms with Crippen molar-refractivity contribution in [3.05, 3.63) is 143 Å². The lowest BCUT2D eigenvalue weighted by atomic mass is 9.70. The lowest BCUT2D eigenvalue weighted by Crippen LogP contribution is -2.34. The van der Waals surface area contributed by atoms with E-state index in [9.17, 15) is 0 Å². The van der Waals surface area contributed by atoms with Gasteiger partial charge in [-0.1, -0.05) is 120 Å². The molecule has 0 amide bonds. The molecule has 5 rings (SSSR count). The van der Waals surface area contributed by atoms with Crippen LogP contribution in [0.25, 0.3) is 0 Å². The van der Waals surface area contributed by atoms with Crippen molar-refractivity contribution >= 4 is 0 Å². The predicted molar refractivity (Wildman–Crippen MR) is 124 cm³/mol. The van der Waals surface area contributed by atoms with Crippen molar-refractivity contribution in [2.24, 2.45) is 0 Å². The molecule has 154 valence electrons. The van der Waals surface area contributed by atoms with Gasteiger partial charge in [0.05, 0.1) is 5.92 Å². The summed E-state index contributed by atoms with van der Waals surface area (Å²) >= 11 is 0. The molecule has 4 aromatic rings. The smallest absolute Gasteiger partial charge is 0.163 e. The summed E-state index contributed by atoms with van der Waals surface area (Å²) in [4.78, 5) is 12.6. The molecule has 1 saturated heterocycles. The van der Waals surface area contributed by atoms with Gasteiger partial charge in [-0.25, -0.2) is 9.78 Å². The Balaban J connectivity index is 1.77. The molecule has 0 N–H and O–H groups in total. The predicted octanol–water partition coefficient (Wildman–Crippen LogP) is 7.03. The Morgan fingerprint density at radius 2 is 1.00 bits per heavy atom. The number of hydrogen-bond acceptors (Lipinski definition) is 2. The van der Waals surface area contributed by atoms with Crippen LogP contribution in [0.1, 0.15) is 45.4 Å². The molecule has 1 heterocycles. The van der Waals surface area contributed by atoms with Gasteiger partial charge < -0.3 is 0 Å². The molecule has 0 aromatic heterocycles. The van der Waals surface area contributed by atoms with Gasteiger partial charge in [0, 0.05) is 0 Å². The lowest BCUT2D eigenvalue weighted by Gasteiger charge is -2.34. The molecule has 31 heavy (non-hydrogen) atoms. The molecule has 1 aliphatic rings. The maximum atomic E-state index is 6.43. The molecule has 2 atom stereocenters. The van der Waals surface area contributed by atoms with E-state index in [1.54, 1.807) is 0 Å². The lowest BCUT2D eigenvalue weighted by molar-refractivity contribution is -0.322. The molecule has 0 radical (unpaired) electrons. The van der Waals surface area contributed by atoms with Crippen LogP contribution in [0.2, 0.25) is 0 Å². The Kier molecular flexibility index (Phi) is 5.19. The van der Waals surface area contributed by atoms with Crippen LogP contribution in [0.5, 0.6) is 0 Å². The van der Waals surface area contributed by atoms with Gasteiger partial charge in [0.1, 0.15) is 6.10 Å². The van der Waals surface area contributed by atoms with E-state index in [0.717, 1.165) is 16.7 Å². The van der Waals surface area contributed by atoms with Gasteiger partial charge in [0.2, 0.25) is 0 Å². The van der Waals surface area contributed by atoms with Crippen molar-refractivity contribution in [2.45, 2.75) is 31.5 Å². The Hall–Kier alpha value is -3.20. The maximum absolute atomic E-state index is 6.43. The molecular weight excluding hydrogens is 380 g/mol. The zero-order valence-corrected chi connectivity index (χ0v) is 17.9. The van der Waals surface area contributed by atoms with Crippen LogP contribution >= 0.6 is 0 Å². The first kappa shape index (κ1) is 19.7. The van der Waals surface area contributed by atoms with E-state index < -0.39 is 5.60 Å². The van der Waals surface area contributed by atoms with Crippen molar-refractivity contribution in [2.75, 3.05) is 0 Å². The van der Waals surface area contributed by atoms with Crippen LogP contribution < -0.4 is 0 Å². The molecule has 0 saturated carbocycles. The second-order valence-electron chi connectivity index (χ2n) is 8.37. The largest absolute Gasteiger partial charge is 0.226 e. The monoisotopic (exact) mass is 406 g/mol. The number of aryl methyl sites for hydroxylation is 2. The highest BCUT2D eigenvalue weighted by atomic mass is 17.2. The molecular formula is C29H26O2. The summed E-state index contributed by atoms with van der Waals surface area (Å²) in [5.41, 5.74) is 6.16. The Bertz CT molecular complexity index is 1090. The highest BCUT2D eigenvalue weighted by Crippen LogP contribution is 2.57. The molecule has 2 heteroatoms. The average molecular weight is 407 g/mol. The van der Waals surface area contributed by atoms with Gasteiger partial charge in [-0.2, -0.15) is 0 Å². The highest BCUT2D eigenvalue weighted by Gasteiger charge is 2.55. The number of rotatable bonds is 4. The van der Waals surface area contributed by atoms with Gasteiger partial charge in [-0.15, -0.1) is 0 Å². The quantitative estimate of drug-likeness (QED) is 0.339. The molecule has 4 aromatic carbocycles. The second kappa shape index (κ2) is 8.14. The summed E-state index contributed by atoms with van der Waals surface area (Å²) in [6.45, 7) is 4.21. The summed E-state index contributed by atoms with van der Waals surface area (Å²) in [5.74, 6) is -0.0542. The van der Waals surface area contributed by atoms with Crippen LogP contribution in [0.15, 0.2) is 109 Å². The summed E-state index contributed by atoms with van der Waals surface area (Å²) < 4.78 is 0. The fourth-order valence-electron chi connectivity index (χ4n) is 4.63. The van der Waals surface area contributed by atoms with Crippen LogP contribution in [-0.2, 0) is 15.4 Å². The van der Waals surface area contributed by atoms with E-state index in [4.69, 9.17) is 9.78 Å². The van der Waals surface area contributed by atoms with Crippen LogP contribution in [0, 0.1) is 13.8 Å². The summed E-state index contributed by atoms with van der Waals surface area (Å²) in [6, 6.07) is 38.2. The Labute approximate surface area is 184 Å². The summed E-state index contributed by atoms with van der Waals surface area (Å²) in [6.07, 6.45) is -0.230. The van der Waals surface area contributed by atoms with Gasteiger partial charge in [-0.05, 0) is 36.1 Å². The third kappa shape index (κ3) is 3.48. The van der Waals surface area contributed by atoms with Crippen molar-refractivity contribution in [3.63, 3.8) is 0 Å². The zero-order chi connectivity index (χ0) is 21.3. The van der Waals surface area contributed by atoms with E-state index in [2.05, 4.69) is 117 Å². The molecule has 1 fully saturated rings. The first-order chi connectivity index (χ1) is 15.2. The molecule has 1 aliphatic heterocycles. The SMILES string of the molecule is Cc1ccc(C2(c3ccc(C)cc3)OO[C@@H](c3ccccc3)[C@H]2c2ccccc2)cc1. The first-order valence-electron chi connectivity index (χ1n) is 10.8. The molecule has 2 nitrogen and oxygen atoms in total. The van der Waals surface area contributed by atoms with Crippen molar-refractivity contribution in [3.8, 4) is 0 Å². The van der Waals surface area contributed by atoms with Crippen molar-refractivity contribution < 1.29 is 9.78 Å². The van der Waals surface area contributed by atoms with Gasteiger partial charge in [-0.3, -0.25) is 0 Å². The van der Waals surface area contributed by atoms with E-state index in [-0.39, 0.29) is 12.0 Å². The average Bonchev–Trinajstić information content (AvgIpc) is 3.22. The number of benzene rings is 4. The van der Waals surface area contributed by atoms with Gasteiger partial charge >= 0.3 is 0 Å². The maximum Gasteiger partial charge on any atom is 0.163 e. The minimum atomic E-state index is -0.761. The zero-order valence-electron chi connectivity index (χ0n) is 17.9. The van der Waals surface area contributed by atoms with Crippen LogP contribution in [0.4, 0.5) is 0 Å². The van der Waals surface area contributed by atoms with E-state index in [1.807, 2.05) is 6.07 Å². The Morgan fingerprint density at radius 3 is 1.48 bits per heavy atom. The summed E-state index contributed by atoms with van der Waals surface area (Å²) in [7, 11) is 0. The topological polar surface area (TPSA) is 18.5 Å². The highest BCUT2D eigenvalue weighted by molar-refractivity contribution is 5.46. The van der Waals surface area contributed by atoms with E-state index in [0.29, 0.717) is 0 Å². The fourth-order valence-corrected chi connectivity index (χ4v) is 4.63. The fraction of sp³-hybridized carbons (Fsp3) is 0.172. The molecule has 0 unspecified atom stereocenters. The van der Waals surface area contributed by atoms with Crippen LogP contribution in [0.3, 0.4) is 0 Å². The number of hydrogen-bond donors (Lipinski definition) is 0. The molecule has 0 bridgehead atoms. The molecule has 0 aliphatic carbocycles. The second-order valence-corrected chi connectivity index (χ2v) is 8.37. The van der Waals surface area contributed by atoms with Crippen LogP contribution in [-0.4, -0.2) is 0 Å². The summed E-state index contributed by atoms with van der Waals surface area (Å²) in [5, 5.41) is 0. The third-order valence-electron chi connectivity index (χ3n) is 6.27. The van der Waals surface area contributed by atoms with Crippen molar-refractivity contribution in [1.82, 2.24) is 0 Å². The Morgan fingerprint density at radius 1 is 0.548 bits per heavy atom. The standard InChI is InChI=1S/C29H26O2/c1-21-13-17-25(18-14-21)29(26-19-15-22(2)16-20-26)27(23-9-5-3-6-10-23)28(30-31-29)24-11-7-4-8-12-24/h3-20,27-28H,1-2H3/t27-,28+/m1/s1. The molecule has 0 spiro atoms. The first-order valence-corrected chi connectivity index (χ1v) is 10.8.